The summed E-state index contributed by atoms with van der Waals surface area (Å²) in [5.41, 5.74) is 1.04. The van der Waals surface area contributed by atoms with Gasteiger partial charge in [-0.2, -0.15) is 0 Å². The molecule has 0 radical (unpaired) electrons. The molecule has 1 aliphatic carbocycles. The molecule has 1 aliphatic rings. The predicted molar refractivity (Wildman–Crippen MR) is 112 cm³/mol. The quantitative estimate of drug-likeness (QED) is 0.255. The Morgan fingerprint density at radius 3 is 2.22 bits per heavy atom. The molecule has 10 heteroatoms. The van der Waals surface area contributed by atoms with E-state index in [0.717, 1.165) is 5.57 Å². The van der Waals surface area contributed by atoms with Crippen LogP contribution in [-0.4, -0.2) is 87.0 Å². The van der Waals surface area contributed by atoms with Crippen LogP contribution < -0.4 is 0 Å². The summed E-state index contributed by atoms with van der Waals surface area (Å²) in [6.07, 6.45) is -4.75. The third-order valence-corrected chi connectivity index (χ3v) is 5.37. The monoisotopic (exact) mass is 458 g/mol. The Morgan fingerprint density at radius 1 is 1.09 bits per heavy atom. The van der Waals surface area contributed by atoms with E-state index in [1.807, 2.05) is 32.9 Å². The van der Waals surface area contributed by atoms with Crippen LogP contribution in [0.3, 0.4) is 0 Å². The van der Waals surface area contributed by atoms with Crippen LogP contribution in [0.2, 0.25) is 0 Å². The third-order valence-electron chi connectivity index (χ3n) is 5.37. The molecule has 0 heterocycles. The molecular weight excluding hydrogens is 424 g/mol. The number of aliphatic hydroxyl groups excluding tert-OH is 5. The molecule has 182 valence electrons. The molecule has 0 aliphatic heterocycles. The second kappa shape index (κ2) is 12.2. The van der Waals surface area contributed by atoms with E-state index in [2.05, 4.69) is 0 Å². The fourth-order valence-corrected chi connectivity index (χ4v) is 3.49. The number of hydrogen-bond donors (Lipinski definition) is 5. The number of Topliss-reactive ketones (excluding diaryl/α,β-unsaturated/α-hetero) is 1. The first-order valence-electron chi connectivity index (χ1n) is 10.4. The SMILES string of the molecule is C/C=C/C1=C(C)C(=O)C(OC(=O)CCC(=O)OCC(O)C(O)C(O)C(O)CO)CC1(C)C. The summed E-state index contributed by atoms with van der Waals surface area (Å²) in [4.78, 5) is 36.5. The number of ether oxygens (including phenoxy) is 2. The smallest absolute Gasteiger partial charge is 0.307 e. The highest BCUT2D eigenvalue weighted by Crippen LogP contribution is 2.40. The minimum Gasteiger partial charge on any atom is -0.463 e. The van der Waals surface area contributed by atoms with Crippen LogP contribution in [-0.2, 0) is 23.9 Å². The van der Waals surface area contributed by atoms with Crippen molar-refractivity contribution in [1.82, 2.24) is 0 Å². The van der Waals surface area contributed by atoms with E-state index in [0.29, 0.717) is 12.0 Å². The van der Waals surface area contributed by atoms with E-state index in [1.54, 1.807) is 6.92 Å². The van der Waals surface area contributed by atoms with Crippen LogP contribution in [0, 0.1) is 5.41 Å². The van der Waals surface area contributed by atoms with Crippen molar-refractivity contribution in [2.45, 2.75) is 77.5 Å². The summed E-state index contributed by atoms with van der Waals surface area (Å²) in [7, 11) is 0. The molecule has 0 spiro atoms. The van der Waals surface area contributed by atoms with Gasteiger partial charge in [0.05, 0.1) is 19.4 Å². The van der Waals surface area contributed by atoms with Crippen LogP contribution in [0.15, 0.2) is 23.3 Å². The normalized spacial score (nSPS) is 22.4. The van der Waals surface area contributed by atoms with Gasteiger partial charge in [-0.05, 0) is 30.4 Å². The van der Waals surface area contributed by atoms with Crippen molar-refractivity contribution in [3.63, 3.8) is 0 Å². The molecule has 1 rings (SSSR count). The molecular formula is C22H34O10. The van der Waals surface area contributed by atoms with Crippen LogP contribution in [0.4, 0.5) is 0 Å². The van der Waals surface area contributed by atoms with Gasteiger partial charge in [-0.25, -0.2) is 0 Å². The summed E-state index contributed by atoms with van der Waals surface area (Å²) >= 11 is 0. The lowest BCUT2D eigenvalue weighted by molar-refractivity contribution is -0.161. The average Bonchev–Trinajstić information content (AvgIpc) is 2.75. The summed E-state index contributed by atoms with van der Waals surface area (Å²) < 4.78 is 10.0. The Kier molecular flexibility index (Phi) is 10.7. The molecule has 0 fully saturated rings. The third kappa shape index (κ3) is 7.49. The van der Waals surface area contributed by atoms with Crippen molar-refractivity contribution >= 4 is 17.7 Å². The second-order valence-electron chi connectivity index (χ2n) is 8.45. The zero-order valence-electron chi connectivity index (χ0n) is 18.9. The van der Waals surface area contributed by atoms with Gasteiger partial charge in [0.25, 0.3) is 0 Å². The van der Waals surface area contributed by atoms with E-state index in [4.69, 9.17) is 14.6 Å². The topological polar surface area (TPSA) is 171 Å². The van der Waals surface area contributed by atoms with Crippen molar-refractivity contribution in [2.24, 2.45) is 5.41 Å². The van der Waals surface area contributed by atoms with Gasteiger partial charge in [-0.15, -0.1) is 0 Å². The van der Waals surface area contributed by atoms with Gasteiger partial charge in [0.2, 0.25) is 0 Å². The van der Waals surface area contributed by atoms with Gasteiger partial charge in [-0.3, -0.25) is 14.4 Å². The van der Waals surface area contributed by atoms with Crippen LogP contribution in [0.5, 0.6) is 0 Å². The van der Waals surface area contributed by atoms with Gasteiger partial charge in [0.1, 0.15) is 31.0 Å². The highest BCUT2D eigenvalue weighted by molar-refractivity contribution is 6.01. The first kappa shape index (κ1) is 27.9. The van der Waals surface area contributed by atoms with Crippen LogP contribution >= 0.6 is 0 Å². The maximum absolute atomic E-state index is 12.6. The maximum atomic E-state index is 12.6. The van der Waals surface area contributed by atoms with Crippen molar-refractivity contribution in [3.05, 3.63) is 23.3 Å². The molecule has 0 bridgehead atoms. The fourth-order valence-electron chi connectivity index (χ4n) is 3.49. The summed E-state index contributed by atoms with van der Waals surface area (Å²) in [6.45, 7) is 5.91. The van der Waals surface area contributed by atoms with E-state index >= 15 is 0 Å². The molecule has 5 atom stereocenters. The fraction of sp³-hybridized carbons (Fsp3) is 0.682. The molecule has 0 aromatic heterocycles. The molecule has 0 aromatic rings. The van der Waals surface area contributed by atoms with E-state index in [-0.39, 0.29) is 24.0 Å². The summed E-state index contributed by atoms with van der Waals surface area (Å²) in [5, 5.41) is 46.9. The number of allylic oxidation sites excluding steroid dienone is 3. The number of esters is 2. The Balaban J connectivity index is 2.53. The van der Waals surface area contributed by atoms with Gasteiger partial charge < -0.3 is 35.0 Å². The highest BCUT2D eigenvalue weighted by atomic mass is 16.6. The summed E-state index contributed by atoms with van der Waals surface area (Å²) in [6, 6.07) is 0. The van der Waals surface area contributed by atoms with Gasteiger partial charge in [0, 0.05) is 6.42 Å². The summed E-state index contributed by atoms with van der Waals surface area (Å²) in [5.74, 6) is -1.90. The lowest BCUT2D eigenvalue weighted by Gasteiger charge is -2.36. The standard InChI is InChI=1S/C22H34O10/c1-5-6-13-12(2)19(28)16(9-22(13,3)4)32-18(27)8-7-17(26)31-11-15(25)21(30)20(29)14(24)10-23/h5-6,14-16,20-21,23-25,29-30H,7-11H2,1-4H3/b6-5+. The maximum Gasteiger partial charge on any atom is 0.307 e. The molecule has 0 aromatic carbocycles. The largest absolute Gasteiger partial charge is 0.463 e. The zero-order chi connectivity index (χ0) is 24.6. The second-order valence-corrected chi connectivity index (χ2v) is 8.45. The van der Waals surface area contributed by atoms with Crippen molar-refractivity contribution in [3.8, 4) is 0 Å². The van der Waals surface area contributed by atoms with E-state index in [9.17, 15) is 34.8 Å². The zero-order valence-corrected chi connectivity index (χ0v) is 18.9. The minimum atomic E-state index is -1.86. The predicted octanol–water partition coefficient (Wildman–Crippen LogP) is -0.451. The molecule has 5 unspecified atom stereocenters. The first-order valence-corrected chi connectivity index (χ1v) is 10.4. The average molecular weight is 459 g/mol. The number of hydrogen-bond acceptors (Lipinski definition) is 10. The van der Waals surface area contributed by atoms with Crippen LogP contribution in [0.1, 0.15) is 47.0 Å². The lowest BCUT2D eigenvalue weighted by atomic mass is 9.71. The molecule has 10 nitrogen and oxygen atoms in total. The highest BCUT2D eigenvalue weighted by Gasteiger charge is 2.39. The molecule has 0 saturated carbocycles. The van der Waals surface area contributed by atoms with Gasteiger partial charge in [0.15, 0.2) is 11.9 Å². The molecule has 32 heavy (non-hydrogen) atoms. The lowest BCUT2D eigenvalue weighted by Crippen LogP contribution is -2.47. The number of rotatable bonds is 11. The van der Waals surface area contributed by atoms with Crippen molar-refractivity contribution in [2.75, 3.05) is 13.2 Å². The van der Waals surface area contributed by atoms with Crippen molar-refractivity contribution in [1.29, 1.82) is 0 Å². The Bertz CT molecular complexity index is 739. The first-order chi connectivity index (χ1) is 14.8. The Labute approximate surface area is 187 Å². The number of aliphatic hydroxyl groups is 5. The number of carbonyl (C=O) groups excluding carboxylic acids is 3. The molecule has 0 amide bonds. The Hall–Kier alpha value is -2.11. The minimum absolute atomic E-state index is 0.283. The van der Waals surface area contributed by atoms with E-state index in [1.165, 1.54) is 0 Å². The van der Waals surface area contributed by atoms with E-state index < -0.39 is 55.7 Å². The van der Waals surface area contributed by atoms with Gasteiger partial charge >= 0.3 is 11.9 Å². The molecule has 5 N–H and O–H groups in total. The van der Waals surface area contributed by atoms with Gasteiger partial charge in [-0.1, -0.05) is 26.0 Å². The van der Waals surface area contributed by atoms with Crippen molar-refractivity contribution < 1.29 is 49.4 Å². The molecule has 0 saturated heterocycles. The van der Waals surface area contributed by atoms with Crippen LogP contribution in [0.25, 0.3) is 0 Å². The number of ketones is 1. The number of carbonyl (C=O) groups is 3. The Morgan fingerprint density at radius 2 is 1.66 bits per heavy atom.